The fourth-order valence-electron chi connectivity index (χ4n) is 1.95. The second kappa shape index (κ2) is 7.50. The first-order chi connectivity index (χ1) is 11.0. The summed E-state index contributed by atoms with van der Waals surface area (Å²) in [5, 5.41) is 17.9. The number of nitro benzene ring substituents is 1. The van der Waals surface area contributed by atoms with Gasteiger partial charge in [0.15, 0.2) is 0 Å². The first kappa shape index (κ1) is 16.6. The maximum absolute atomic E-state index is 11.9. The Hall–Kier alpha value is -2.74. The van der Waals surface area contributed by atoms with Crippen molar-refractivity contribution < 1.29 is 14.5 Å². The molecule has 1 aromatic heterocycles. The zero-order chi connectivity index (χ0) is 16.8. The largest absolute Gasteiger partial charge is 0.351 e. The number of rotatable bonds is 6. The molecule has 0 unspecified atom stereocenters. The van der Waals surface area contributed by atoms with E-state index in [9.17, 15) is 19.7 Å². The fraction of sp³-hybridized carbons (Fsp3) is 0.200. The van der Waals surface area contributed by atoms with Crippen molar-refractivity contribution in [1.29, 1.82) is 0 Å². The molecule has 2 amide bonds. The van der Waals surface area contributed by atoms with E-state index >= 15 is 0 Å². The van der Waals surface area contributed by atoms with Crippen molar-refractivity contribution in [3.8, 4) is 0 Å². The highest BCUT2D eigenvalue weighted by atomic mass is 32.1. The van der Waals surface area contributed by atoms with Crippen LogP contribution in [0, 0.1) is 17.0 Å². The summed E-state index contributed by atoms with van der Waals surface area (Å²) in [7, 11) is 0. The summed E-state index contributed by atoms with van der Waals surface area (Å²) >= 11 is 1.32. The van der Waals surface area contributed by atoms with Crippen LogP contribution in [-0.4, -0.2) is 23.3 Å². The van der Waals surface area contributed by atoms with Crippen LogP contribution in [0.25, 0.3) is 0 Å². The maximum atomic E-state index is 11.9. The lowest BCUT2D eigenvalue weighted by atomic mass is 10.1. The van der Waals surface area contributed by atoms with Crippen LogP contribution >= 0.6 is 11.3 Å². The van der Waals surface area contributed by atoms with E-state index in [2.05, 4.69) is 10.6 Å². The third kappa shape index (κ3) is 4.36. The Morgan fingerprint density at radius 2 is 2.04 bits per heavy atom. The van der Waals surface area contributed by atoms with Crippen molar-refractivity contribution in [3.05, 3.63) is 56.3 Å². The van der Waals surface area contributed by atoms with E-state index < -0.39 is 4.92 Å². The molecule has 0 fully saturated rings. The quantitative estimate of drug-likeness (QED) is 0.627. The van der Waals surface area contributed by atoms with E-state index in [0.29, 0.717) is 16.1 Å². The van der Waals surface area contributed by atoms with E-state index in [1.807, 2.05) is 0 Å². The molecule has 0 saturated heterocycles. The molecule has 0 aliphatic carbocycles. The number of anilines is 1. The lowest BCUT2D eigenvalue weighted by Gasteiger charge is -2.09. The topological polar surface area (TPSA) is 101 Å². The fourth-order valence-corrected chi connectivity index (χ4v) is 2.59. The van der Waals surface area contributed by atoms with Gasteiger partial charge in [0.1, 0.15) is 0 Å². The van der Waals surface area contributed by atoms with Gasteiger partial charge in [0.25, 0.3) is 11.6 Å². The van der Waals surface area contributed by atoms with Gasteiger partial charge in [-0.1, -0.05) is 12.1 Å². The third-order valence-corrected chi connectivity index (χ3v) is 4.03. The SMILES string of the molecule is Cc1c(NC(=O)CCNC(=O)c2cccs2)cccc1[N+](=O)[O-]. The van der Waals surface area contributed by atoms with Crippen molar-refractivity contribution in [2.45, 2.75) is 13.3 Å². The zero-order valence-electron chi connectivity index (χ0n) is 12.4. The van der Waals surface area contributed by atoms with Crippen molar-refractivity contribution in [2.75, 3.05) is 11.9 Å². The number of hydrogen-bond donors (Lipinski definition) is 2. The van der Waals surface area contributed by atoms with Gasteiger partial charge in [-0.25, -0.2) is 0 Å². The van der Waals surface area contributed by atoms with E-state index in [4.69, 9.17) is 0 Å². The predicted octanol–water partition coefficient (Wildman–Crippen LogP) is 2.72. The molecule has 0 spiro atoms. The second-order valence-electron chi connectivity index (χ2n) is 4.74. The Morgan fingerprint density at radius 3 is 2.70 bits per heavy atom. The standard InChI is InChI=1S/C15H15N3O4S/c1-10-11(4-2-5-12(10)18(21)22)17-14(19)7-8-16-15(20)13-6-3-9-23-13/h2-6,9H,7-8H2,1H3,(H,16,20)(H,17,19). The van der Waals surface area contributed by atoms with Crippen LogP contribution in [0.15, 0.2) is 35.7 Å². The lowest BCUT2D eigenvalue weighted by Crippen LogP contribution is -2.27. The smallest absolute Gasteiger partial charge is 0.274 e. The zero-order valence-corrected chi connectivity index (χ0v) is 13.2. The molecule has 0 bridgehead atoms. The van der Waals surface area contributed by atoms with E-state index in [1.165, 1.54) is 23.5 Å². The van der Waals surface area contributed by atoms with Crippen LogP contribution in [0.5, 0.6) is 0 Å². The summed E-state index contributed by atoms with van der Waals surface area (Å²) in [5.74, 6) is -0.542. The number of thiophene rings is 1. The van der Waals surface area contributed by atoms with Crippen LogP contribution in [0.2, 0.25) is 0 Å². The molecule has 120 valence electrons. The molecule has 0 aliphatic rings. The molecule has 1 heterocycles. The van der Waals surface area contributed by atoms with Crippen LogP contribution in [-0.2, 0) is 4.79 Å². The summed E-state index contributed by atoms with van der Waals surface area (Å²) in [6.07, 6.45) is 0.0826. The van der Waals surface area contributed by atoms with Gasteiger partial charge >= 0.3 is 0 Å². The maximum Gasteiger partial charge on any atom is 0.274 e. The van der Waals surface area contributed by atoms with Crippen molar-refractivity contribution in [1.82, 2.24) is 5.32 Å². The number of nitrogens with one attached hydrogen (secondary N) is 2. The molecule has 2 N–H and O–H groups in total. The number of nitro groups is 1. The molecule has 0 radical (unpaired) electrons. The molecule has 7 nitrogen and oxygen atoms in total. The Morgan fingerprint density at radius 1 is 1.26 bits per heavy atom. The van der Waals surface area contributed by atoms with Crippen molar-refractivity contribution in [2.24, 2.45) is 0 Å². The molecule has 1 aromatic carbocycles. The Bertz CT molecular complexity index is 728. The average Bonchev–Trinajstić information content (AvgIpc) is 3.03. The van der Waals surface area contributed by atoms with Gasteiger partial charge < -0.3 is 10.6 Å². The summed E-state index contributed by atoms with van der Waals surface area (Å²) in [6, 6.07) is 7.97. The van der Waals surface area contributed by atoms with Gasteiger partial charge in [-0.15, -0.1) is 11.3 Å². The number of hydrogen-bond acceptors (Lipinski definition) is 5. The predicted molar refractivity (Wildman–Crippen MR) is 87.7 cm³/mol. The number of carbonyl (C=O) groups excluding carboxylic acids is 2. The molecule has 0 atom stereocenters. The van der Waals surface area contributed by atoms with Gasteiger partial charge in [0.05, 0.1) is 21.1 Å². The van der Waals surface area contributed by atoms with E-state index in [-0.39, 0.29) is 30.5 Å². The minimum Gasteiger partial charge on any atom is -0.351 e. The number of nitrogens with zero attached hydrogens (tertiary/aromatic N) is 1. The monoisotopic (exact) mass is 333 g/mol. The first-order valence-corrected chi connectivity index (χ1v) is 7.72. The summed E-state index contributed by atoms with van der Waals surface area (Å²) < 4.78 is 0. The molecule has 23 heavy (non-hydrogen) atoms. The van der Waals surface area contributed by atoms with Gasteiger partial charge in [0, 0.05) is 19.0 Å². The normalized spacial score (nSPS) is 10.1. The lowest BCUT2D eigenvalue weighted by molar-refractivity contribution is -0.385. The van der Waals surface area contributed by atoms with Crippen LogP contribution in [0.3, 0.4) is 0 Å². The van der Waals surface area contributed by atoms with Crippen molar-refractivity contribution in [3.63, 3.8) is 0 Å². The second-order valence-corrected chi connectivity index (χ2v) is 5.69. The van der Waals surface area contributed by atoms with Crippen LogP contribution < -0.4 is 10.6 Å². The molecular formula is C15H15N3O4S. The molecule has 8 heteroatoms. The highest BCUT2D eigenvalue weighted by Gasteiger charge is 2.15. The molecule has 0 aliphatic heterocycles. The van der Waals surface area contributed by atoms with Gasteiger partial charge in [-0.2, -0.15) is 0 Å². The minimum absolute atomic E-state index is 0.0474. The highest BCUT2D eigenvalue weighted by Crippen LogP contribution is 2.25. The van der Waals surface area contributed by atoms with Crippen molar-refractivity contribution >= 4 is 34.5 Å². The summed E-state index contributed by atoms with van der Waals surface area (Å²) in [4.78, 5) is 34.6. The molecule has 0 saturated carbocycles. The number of carbonyl (C=O) groups is 2. The summed E-state index contributed by atoms with van der Waals surface area (Å²) in [5.41, 5.74) is 0.746. The average molecular weight is 333 g/mol. The van der Waals surface area contributed by atoms with Crippen LogP contribution in [0.1, 0.15) is 21.7 Å². The number of amides is 2. The Balaban J connectivity index is 1.87. The molecule has 2 rings (SSSR count). The molecular weight excluding hydrogens is 318 g/mol. The number of benzene rings is 1. The third-order valence-electron chi connectivity index (χ3n) is 3.16. The Labute approximate surface area is 136 Å². The molecule has 2 aromatic rings. The first-order valence-electron chi connectivity index (χ1n) is 6.84. The Kier molecular flexibility index (Phi) is 5.42. The van der Waals surface area contributed by atoms with Crippen LogP contribution in [0.4, 0.5) is 11.4 Å². The van der Waals surface area contributed by atoms with E-state index in [0.717, 1.165) is 0 Å². The van der Waals surface area contributed by atoms with E-state index in [1.54, 1.807) is 30.5 Å². The summed E-state index contributed by atoms with van der Waals surface area (Å²) in [6.45, 7) is 1.77. The van der Waals surface area contributed by atoms with Gasteiger partial charge in [-0.3, -0.25) is 19.7 Å². The van der Waals surface area contributed by atoms with Gasteiger partial charge in [-0.05, 0) is 24.4 Å². The van der Waals surface area contributed by atoms with Gasteiger partial charge in [0.2, 0.25) is 5.91 Å². The minimum atomic E-state index is -0.494. The highest BCUT2D eigenvalue weighted by molar-refractivity contribution is 7.12.